The van der Waals surface area contributed by atoms with E-state index >= 15 is 0 Å². The van der Waals surface area contributed by atoms with Crippen LogP contribution < -0.4 is 9.47 Å². The lowest BCUT2D eigenvalue weighted by atomic mass is 10.2. The number of methoxy groups -OCH3 is 2. The molecule has 1 aromatic carbocycles. The second-order valence-electron chi connectivity index (χ2n) is 3.47. The summed E-state index contributed by atoms with van der Waals surface area (Å²) in [5.74, 6) is 1.32. The van der Waals surface area contributed by atoms with Gasteiger partial charge >= 0.3 is 0 Å². The van der Waals surface area contributed by atoms with Crippen LogP contribution in [-0.4, -0.2) is 27.4 Å². The number of hydrogen-bond acceptors (Lipinski definition) is 4. The van der Waals surface area contributed by atoms with Crippen molar-refractivity contribution in [3.05, 3.63) is 22.2 Å². The molecule has 0 radical (unpaired) electrons. The Kier molecular flexibility index (Phi) is 6.46. The number of benzene rings is 1. The average molecular weight is 319 g/mol. The summed E-state index contributed by atoms with van der Waals surface area (Å²) in [7, 11) is 3.21. The normalized spacial score (nSPS) is 10.8. The van der Waals surface area contributed by atoms with Gasteiger partial charge in [-0.25, -0.2) is 0 Å². The fraction of sp³-hybridized carbons (Fsp3) is 0.538. The number of rotatable bonds is 7. The van der Waals surface area contributed by atoms with Gasteiger partial charge in [-0.3, -0.25) is 0 Å². The van der Waals surface area contributed by atoms with Crippen molar-refractivity contribution in [1.29, 1.82) is 0 Å². The van der Waals surface area contributed by atoms with E-state index < -0.39 is 6.29 Å². The Hall–Kier alpha value is -0.780. The van der Waals surface area contributed by atoms with E-state index in [4.69, 9.17) is 18.9 Å². The van der Waals surface area contributed by atoms with Crippen molar-refractivity contribution in [2.24, 2.45) is 0 Å². The lowest BCUT2D eigenvalue weighted by Crippen LogP contribution is -2.10. The van der Waals surface area contributed by atoms with Crippen molar-refractivity contribution in [2.75, 3.05) is 27.4 Å². The predicted molar refractivity (Wildman–Crippen MR) is 73.2 cm³/mol. The third-order valence-corrected chi connectivity index (χ3v) is 3.08. The summed E-state index contributed by atoms with van der Waals surface area (Å²) in [6.07, 6.45) is -0.408. The molecule has 0 aromatic heterocycles. The van der Waals surface area contributed by atoms with Crippen LogP contribution in [0.3, 0.4) is 0 Å². The second kappa shape index (κ2) is 7.61. The van der Waals surface area contributed by atoms with Crippen LogP contribution >= 0.6 is 15.9 Å². The van der Waals surface area contributed by atoms with E-state index in [9.17, 15) is 0 Å². The molecule has 1 rings (SSSR count). The zero-order chi connectivity index (χ0) is 13.5. The average Bonchev–Trinajstić information content (AvgIpc) is 2.38. The Bertz CT molecular complexity index is 375. The van der Waals surface area contributed by atoms with Crippen molar-refractivity contribution in [3.63, 3.8) is 0 Å². The highest BCUT2D eigenvalue weighted by atomic mass is 79.9. The first-order valence-corrected chi connectivity index (χ1v) is 6.61. The predicted octanol–water partition coefficient (Wildman–Crippen LogP) is 3.54. The number of ether oxygens (including phenoxy) is 4. The highest BCUT2D eigenvalue weighted by Crippen LogP contribution is 2.37. The molecule has 0 aliphatic rings. The SMILES string of the molecule is CCOC(OCC)c1cc(OC)c(OC)cc1Br. The molecule has 0 atom stereocenters. The molecule has 102 valence electrons. The molecule has 0 spiro atoms. The first-order chi connectivity index (χ1) is 8.67. The standard InChI is InChI=1S/C13H19BrO4/c1-5-17-13(18-6-2)9-7-11(15-3)12(16-4)8-10(9)14/h7-8,13H,5-6H2,1-4H3. The monoisotopic (exact) mass is 318 g/mol. The molecular weight excluding hydrogens is 300 g/mol. The summed E-state index contributed by atoms with van der Waals surface area (Å²) >= 11 is 3.50. The van der Waals surface area contributed by atoms with E-state index in [0.29, 0.717) is 24.7 Å². The molecule has 0 heterocycles. The van der Waals surface area contributed by atoms with E-state index in [1.807, 2.05) is 26.0 Å². The molecule has 4 nitrogen and oxygen atoms in total. The van der Waals surface area contributed by atoms with Gasteiger partial charge in [0.25, 0.3) is 0 Å². The van der Waals surface area contributed by atoms with E-state index in [-0.39, 0.29) is 0 Å². The van der Waals surface area contributed by atoms with Crippen molar-refractivity contribution in [2.45, 2.75) is 20.1 Å². The van der Waals surface area contributed by atoms with Gasteiger partial charge < -0.3 is 18.9 Å². The molecule has 0 amide bonds. The van der Waals surface area contributed by atoms with E-state index in [2.05, 4.69) is 15.9 Å². The van der Waals surface area contributed by atoms with E-state index in [0.717, 1.165) is 10.0 Å². The largest absolute Gasteiger partial charge is 0.493 e. The summed E-state index contributed by atoms with van der Waals surface area (Å²) in [6, 6.07) is 3.71. The van der Waals surface area contributed by atoms with Crippen LogP contribution in [0.5, 0.6) is 11.5 Å². The Morgan fingerprint density at radius 3 is 1.94 bits per heavy atom. The third kappa shape index (κ3) is 3.60. The van der Waals surface area contributed by atoms with Crippen molar-refractivity contribution in [1.82, 2.24) is 0 Å². The Morgan fingerprint density at radius 1 is 1.00 bits per heavy atom. The van der Waals surface area contributed by atoms with Gasteiger partial charge in [0.1, 0.15) is 0 Å². The fourth-order valence-corrected chi connectivity index (χ4v) is 2.09. The smallest absolute Gasteiger partial charge is 0.184 e. The molecule has 0 aliphatic carbocycles. The maximum atomic E-state index is 5.57. The summed E-state index contributed by atoms with van der Waals surface area (Å²) in [5, 5.41) is 0. The maximum absolute atomic E-state index is 5.57. The molecule has 0 saturated carbocycles. The lowest BCUT2D eigenvalue weighted by Gasteiger charge is -2.20. The molecule has 0 fully saturated rings. The van der Waals surface area contributed by atoms with Gasteiger partial charge in [-0.1, -0.05) is 15.9 Å². The van der Waals surface area contributed by atoms with Gasteiger partial charge in [-0.15, -0.1) is 0 Å². The highest BCUT2D eigenvalue weighted by molar-refractivity contribution is 9.10. The molecule has 0 bridgehead atoms. The number of hydrogen-bond donors (Lipinski definition) is 0. The van der Waals surface area contributed by atoms with Crippen LogP contribution in [0.1, 0.15) is 25.7 Å². The minimum Gasteiger partial charge on any atom is -0.493 e. The van der Waals surface area contributed by atoms with Gasteiger partial charge in [-0.2, -0.15) is 0 Å². The van der Waals surface area contributed by atoms with Gasteiger partial charge in [-0.05, 0) is 26.0 Å². The molecule has 18 heavy (non-hydrogen) atoms. The zero-order valence-electron chi connectivity index (χ0n) is 11.2. The minimum atomic E-state index is -0.408. The van der Waals surface area contributed by atoms with Gasteiger partial charge in [0, 0.05) is 23.2 Å². The molecule has 0 unspecified atom stereocenters. The van der Waals surface area contributed by atoms with Gasteiger partial charge in [0.2, 0.25) is 0 Å². The first-order valence-electron chi connectivity index (χ1n) is 5.82. The van der Waals surface area contributed by atoms with Crippen LogP contribution in [0, 0.1) is 0 Å². The Balaban J connectivity index is 3.12. The molecular formula is C13H19BrO4. The van der Waals surface area contributed by atoms with Crippen LogP contribution in [0.2, 0.25) is 0 Å². The Morgan fingerprint density at radius 2 is 1.50 bits per heavy atom. The number of halogens is 1. The van der Waals surface area contributed by atoms with Crippen LogP contribution in [0.25, 0.3) is 0 Å². The van der Waals surface area contributed by atoms with Crippen molar-refractivity contribution < 1.29 is 18.9 Å². The third-order valence-electron chi connectivity index (χ3n) is 2.39. The molecule has 0 N–H and O–H groups in total. The quantitative estimate of drug-likeness (QED) is 0.721. The lowest BCUT2D eigenvalue weighted by molar-refractivity contribution is -0.140. The summed E-state index contributed by atoms with van der Waals surface area (Å²) < 4.78 is 22.5. The highest BCUT2D eigenvalue weighted by Gasteiger charge is 2.18. The summed E-state index contributed by atoms with van der Waals surface area (Å²) in [4.78, 5) is 0. The summed E-state index contributed by atoms with van der Waals surface area (Å²) in [5.41, 5.74) is 0.886. The molecule has 1 aromatic rings. The van der Waals surface area contributed by atoms with Crippen LogP contribution in [-0.2, 0) is 9.47 Å². The van der Waals surface area contributed by atoms with Crippen LogP contribution in [0.15, 0.2) is 16.6 Å². The fourth-order valence-electron chi connectivity index (χ4n) is 1.58. The molecule has 5 heteroatoms. The molecule has 0 saturated heterocycles. The van der Waals surface area contributed by atoms with Crippen molar-refractivity contribution >= 4 is 15.9 Å². The molecule has 0 aliphatic heterocycles. The second-order valence-corrected chi connectivity index (χ2v) is 4.33. The van der Waals surface area contributed by atoms with Gasteiger partial charge in [0.15, 0.2) is 17.8 Å². The Labute approximate surface area is 116 Å². The maximum Gasteiger partial charge on any atom is 0.184 e. The minimum absolute atomic E-state index is 0.408. The van der Waals surface area contributed by atoms with Crippen molar-refractivity contribution in [3.8, 4) is 11.5 Å². The van der Waals surface area contributed by atoms with E-state index in [1.165, 1.54) is 0 Å². The summed E-state index contributed by atoms with van der Waals surface area (Å²) in [6.45, 7) is 5.01. The van der Waals surface area contributed by atoms with E-state index in [1.54, 1.807) is 14.2 Å². The van der Waals surface area contributed by atoms with Gasteiger partial charge in [0.05, 0.1) is 14.2 Å². The topological polar surface area (TPSA) is 36.9 Å². The zero-order valence-corrected chi connectivity index (χ0v) is 12.7. The first kappa shape index (κ1) is 15.3. The van der Waals surface area contributed by atoms with Crippen LogP contribution in [0.4, 0.5) is 0 Å².